The lowest BCUT2D eigenvalue weighted by atomic mass is 10.1. The van der Waals surface area contributed by atoms with Crippen LogP contribution in [-0.2, 0) is 19.3 Å². The van der Waals surface area contributed by atoms with Gasteiger partial charge in [-0.15, -0.1) is 5.10 Å². The number of carbonyl (C=O) groups is 1. The summed E-state index contributed by atoms with van der Waals surface area (Å²) in [6, 6.07) is 15.8. The maximum Gasteiger partial charge on any atom is 0.437 e. The van der Waals surface area contributed by atoms with E-state index in [0.29, 0.717) is 27.2 Å². The van der Waals surface area contributed by atoms with Gasteiger partial charge in [0.1, 0.15) is 12.3 Å². The minimum atomic E-state index is -4.49. The molecule has 0 N–H and O–H groups in total. The van der Waals surface area contributed by atoms with Gasteiger partial charge in [-0.05, 0) is 54.6 Å². The number of carbonyl (C=O) groups excluding carboxylic acids is 1. The Morgan fingerprint density at radius 3 is 2.38 bits per heavy atom. The largest absolute Gasteiger partial charge is 1.00 e. The summed E-state index contributed by atoms with van der Waals surface area (Å²) in [5, 5.41) is 4.43. The second-order valence-corrected chi connectivity index (χ2v) is 10.1. The molecule has 1 heterocycles. The number of hydrogen-bond donors (Lipinski definition) is 0. The molecule has 206 valence electrons. The Bertz CT molecular complexity index is 1530. The molecule has 1 aromatic heterocycles. The van der Waals surface area contributed by atoms with E-state index in [0.717, 1.165) is 34.5 Å². The highest BCUT2D eigenvalue weighted by molar-refractivity contribution is 6.30. The molecule has 0 bridgehead atoms. The summed E-state index contributed by atoms with van der Waals surface area (Å²) in [6.45, 7) is 0.553. The number of nitrogens with zero attached hydrogens (tertiary/aromatic N) is 3. The van der Waals surface area contributed by atoms with Crippen LogP contribution >= 0.6 is 11.6 Å². The molecule has 7 nitrogen and oxygen atoms in total. The topological polar surface area (TPSA) is 74.3 Å². The minimum Gasteiger partial charge on any atom is -1.00 e. The van der Waals surface area contributed by atoms with E-state index < -0.39 is 23.5 Å². The molecule has 4 rings (SSSR count). The number of esters is 1. The Labute approximate surface area is 233 Å². The molecule has 0 saturated heterocycles. The second-order valence-electron chi connectivity index (χ2n) is 9.70. The number of hydrogen-bond acceptors (Lipinski definition) is 5. The van der Waals surface area contributed by atoms with E-state index in [2.05, 4.69) is 5.10 Å². The van der Waals surface area contributed by atoms with E-state index in [1.165, 1.54) is 12.1 Å². The average molecular weight is 582 g/mol. The molecule has 0 saturated carbocycles. The number of alkyl halides is 3. The Morgan fingerprint density at radius 2 is 1.74 bits per heavy atom. The van der Waals surface area contributed by atoms with E-state index >= 15 is 0 Å². The zero-order valence-electron chi connectivity index (χ0n) is 21.1. The first-order valence-corrected chi connectivity index (χ1v) is 11.8. The van der Waals surface area contributed by atoms with Gasteiger partial charge in [-0.1, -0.05) is 23.7 Å². The molecule has 0 amide bonds. The van der Waals surface area contributed by atoms with Crippen LogP contribution in [0.3, 0.4) is 0 Å². The van der Waals surface area contributed by atoms with Crippen molar-refractivity contribution in [3.05, 3.63) is 105 Å². The summed E-state index contributed by atoms with van der Waals surface area (Å²) in [4.78, 5) is 25.4. The summed E-state index contributed by atoms with van der Waals surface area (Å²) in [5.74, 6) is -1.42. The number of aromatic nitrogens is 2. The van der Waals surface area contributed by atoms with Gasteiger partial charge in [-0.25, -0.2) is 9.59 Å². The number of halogens is 5. The van der Waals surface area contributed by atoms with Gasteiger partial charge in [0, 0.05) is 21.7 Å². The molecule has 12 heteroatoms. The van der Waals surface area contributed by atoms with E-state index in [1.807, 2.05) is 27.2 Å². The predicted octanol–water partition coefficient (Wildman–Crippen LogP) is 2.65. The van der Waals surface area contributed by atoms with Crippen molar-refractivity contribution in [2.75, 3.05) is 21.1 Å². The molecule has 3 aromatic carbocycles. The van der Waals surface area contributed by atoms with Gasteiger partial charge < -0.3 is 26.0 Å². The van der Waals surface area contributed by atoms with Gasteiger partial charge in [-0.2, -0.15) is 17.9 Å². The van der Waals surface area contributed by atoms with Crippen molar-refractivity contribution in [3.8, 4) is 17.2 Å². The fourth-order valence-electron chi connectivity index (χ4n) is 3.76. The van der Waals surface area contributed by atoms with Gasteiger partial charge in [0.05, 0.1) is 38.8 Å². The number of ether oxygens (including phenoxy) is 1. The van der Waals surface area contributed by atoms with Crippen LogP contribution in [-0.4, -0.2) is 41.4 Å². The van der Waals surface area contributed by atoms with Crippen molar-refractivity contribution in [1.82, 2.24) is 9.78 Å². The van der Waals surface area contributed by atoms with Crippen LogP contribution in [0, 0.1) is 0 Å². The van der Waals surface area contributed by atoms with E-state index in [9.17, 15) is 22.8 Å². The quantitative estimate of drug-likeness (QED) is 0.191. The highest BCUT2D eigenvalue weighted by Crippen LogP contribution is 2.30. The average Bonchev–Trinajstić information content (AvgIpc) is 3.19. The highest BCUT2D eigenvalue weighted by Gasteiger charge is 2.30. The maximum atomic E-state index is 12.9. The zero-order chi connectivity index (χ0) is 27.7. The number of quaternary nitrogens is 1. The first-order valence-electron chi connectivity index (χ1n) is 11.4. The van der Waals surface area contributed by atoms with Gasteiger partial charge in [0.25, 0.3) is 0 Å². The smallest absolute Gasteiger partial charge is 0.437 e. The SMILES string of the molecule is C[N+](C)(C)Cc1cccc(C(=O)Oc2ccc(Cl)cc2Cn2nc(-c3ccc(C(F)(F)F)cc3)oc2=O)c1.[Cl-]. The van der Waals surface area contributed by atoms with Crippen molar-refractivity contribution < 1.29 is 44.0 Å². The highest BCUT2D eigenvalue weighted by atomic mass is 35.5. The van der Waals surface area contributed by atoms with Crippen molar-refractivity contribution >= 4 is 17.6 Å². The monoisotopic (exact) mass is 581 g/mol. The van der Waals surface area contributed by atoms with Crippen LogP contribution in [0.1, 0.15) is 27.0 Å². The molecular weight excluding hydrogens is 558 g/mol. The molecule has 39 heavy (non-hydrogen) atoms. The third kappa shape index (κ3) is 7.72. The lowest BCUT2D eigenvalue weighted by Gasteiger charge is -2.24. The number of rotatable bonds is 7. The summed E-state index contributed by atoms with van der Waals surface area (Å²) in [5.41, 5.74) is 1.06. The fraction of sp³-hybridized carbons (Fsp3) is 0.222. The zero-order valence-corrected chi connectivity index (χ0v) is 22.6. The van der Waals surface area contributed by atoms with Crippen LogP contribution in [0.5, 0.6) is 5.75 Å². The first kappa shape index (κ1) is 29.9. The van der Waals surface area contributed by atoms with Gasteiger partial charge in [0.15, 0.2) is 0 Å². The number of benzene rings is 3. The molecule has 0 aliphatic heterocycles. The van der Waals surface area contributed by atoms with Crippen molar-refractivity contribution in [2.45, 2.75) is 19.3 Å². The molecule has 0 aliphatic rings. The molecular formula is C27H24Cl2F3N3O4. The van der Waals surface area contributed by atoms with E-state index in [1.54, 1.807) is 24.3 Å². The molecule has 0 spiro atoms. The lowest BCUT2D eigenvalue weighted by Crippen LogP contribution is -3.00. The lowest BCUT2D eigenvalue weighted by molar-refractivity contribution is -0.884. The van der Waals surface area contributed by atoms with Crippen LogP contribution in [0.2, 0.25) is 5.02 Å². The summed E-state index contributed by atoms with van der Waals surface area (Å²) in [7, 11) is 6.12. The van der Waals surface area contributed by atoms with Crippen LogP contribution in [0.15, 0.2) is 75.9 Å². The summed E-state index contributed by atoms with van der Waals surface area (Å²) >= 11 is 6.15. The van der Waals surface area contributed by atoms with Crippen molar-refractivity contribution in [3.63, 3.8) is 0 Å². The Morgan fingerprint density at radius 1 is 1.05 bits per heavy atom. The van der Waals surface area contributed by atoms with Gasteiger partial charge in [0.2, 0.25) is 5.89 Å². The molecule has 0 unspecified atom stereocenters. The van der Waals surface area contributed by atoms with Crippen LogP contribution < -0.4 is 22.9 Å². The first-order chi connectivity index (χ1) is 17.8. The third-order valence-corrected chi connectivity index (χ3v) is 5.67. The maximum absolute atomic E-state index is 12.9. The van der Waals surface area contributed by atoms with Crippen molar-refractivity contribution in [2.24, 2.45) is 0 Å². The predicted molar refractivity (Wildman–Crippen MR) is 135 cm³/mol. The van der Waals surface area contributed by atoms with E-state index in [-0.39, 0.29) is 36.2 Å². The molecule has 0 atom stereocenters. The Balaban J connectivity index is 0.00000420. The van der Waals surface area contributed by atoms with Crippen molar-refractivity contribution in [1.29, 1.82) is 0 Å². The second kappa shape index (κ2) is 11.6. The fourth-order valence-corrected chi connectivity index (χ4v) is 3.95. The Hall–Kier alpha value is -3.60. The minimum absolute atomic E-state index is 0. The Kier molecular flexibility index (Phi) is 8.94. The molecule has 0 aliphatic carbocycles. The summed E-state index contributed by atoms with van der Waals surface area (Å²) in [6.07, 6.45) is -4.49. The van der Waals surface area contributed by atoms with Gasteiger partial charge in [-0.3, -0.25) is 0 Å². The van der Waals surface area contributed by atoms with Gasteiger partial charge >= 0.3 is 17.9 Å². The van der Waals surface area contributed by atoms with Crippen LogP contribution in [0.4, 0.5) is 13.2 Å². The van der Waals surface area contributed by atoms with Crippen LogP contribution in [0.25, 0.3) is 11.5 Å². The molecule has 4 aromatic rings. The molecule has 0 radical (unpaired) electrons. The summed E-state index contributed by atoms with van der Waals surface area (Å²) < 4.78 is 51.0. The standard InChI is InChI=1S/C27H24ClF3N3O4.ClH/c1-34(2,3)16-17-5-4-6-19(13-17)25(35)37-23-12-11-22(28)14-20(23)15-33-26(36)38-24(32-33)18-7-9-21(10-8-18)27(29,30)31;/h4-14H,15-16H2,1-3H3;1H/q+1;/p-1. The third-order valence-electron chi connectivity index (χ3n) is 5.43. The molecule has 0 fully saturated rings. The van der Waals surface area contributed by atoms with E-state index in [4.69, 9.17) is 20.8 Å². The normalized spacial score (nSPS) is 11.7.